The van der Waals surface area contributed by atoms with Crippen molar-refractivity contribution in [2.45, 2.75) is 76.6 Å². The van der Waals surface area contributed by atoms with Gasteiger partial charge >= 0.3 is 18.4 Å². The van der Waals surface area contributed by atoms with Crippen LogP contribution in [-0.4, -0.2) is 44.0 Å². The van der Waals surface area contributed by atoms with E-state index in [4.69, 9.17) is 13.9 Å². The Labute approximate surface area is 253 Å². The second-order valence-electron chi connectivity index (χ2n) is 11.0. The van der Waals surface area contributed by atoms with Crippen molar-refractivity contribution in [2.75, 3.05) is 5.32 Å². The van der Waals surface area contributed by atoms with Crippen molar-refractivity contribution in [3.8, 4) is 11.6 Å². The van der Waals surface area contributed by atoms with E-state index < -0.39 is 82.8 Å². The molecule has 0 aliphatic carbocycles. The fourth-order valence-corrected chi connectivity index (χ4v) is 4.43. The largest absolute Gasteiger partial charge is 0.444 e. The van der Waals surface area contributed by atoms with E-state index in [1.165, 1.54) is 32.9 Å². The highest BCUT2D eigenvalue weighted by molar-refractivity contribution is 6.01. The van der Waals surface area contributed by atoms with E-state index in [0.717, 1.165) is 0 Å². The topological polar surface area (TPSA) is 132 Å². The number of amides is 1. The van der Waals surface area contributed by atoms with Gasteiger partial charge in [0.2, 0.25) is 5.60 Å². The fourth-order valence-electron chi connectivity index (χ4n) is 4.43. The lowest BCUT2D eigenvalue weighted by atomic mass is 9.95. The molecule has 1 aliphatic rings. The number of oxime groups is 1. The molecule has 1 aliphatic heterocycles. The second-order valence-corrected chi connectivity index (χ2v) is 11.0. The van der Waals surface area contributed by atoms with Gasteiger partial charge in [-0.3, -0.25) is 5.32 Å². The first-order chi connectivity index (χ1) is 21.0. The van der Waals surface area contributed by atoms with Crippen LogP contribution < -0.4 is 5.32 Å². The Morgan fingerprint density at radius 1 is 1.04 bits per heavy atom. The first-order valence-corrected chi connectivity index (χ1v) is 13.6. The molecule has 0 saturated heterocycles. The van der Waals surface area contributed by atoms with Crippen LogP contribution >= 0.6 is 0 Å². The maximum absolute atomic E-state index is 14.9. The minimum absolute atomic E-state index is 0.00605. The molecule has 242 valence electrons. The molecule has 0 unspecified atom stereocenters. The van der Waals surface area contributed by atoms with Crippen LogP contribution in [0.1, 0.15) is 69.2 Å². The lowest BCUT2D eigenvalue weighted by Crippen LogP contribution is -2.45. The average Bonchev–Trinajstić information content (AvgIpc) is 3.42. The molecular formula is C29H29F6N5O5. The van der Waals surface area contributed by atoms with Crippen LogP contribution in [0.4, 0.5) is 36.8 Å². The summed E-state index contributed by atoms with van der Waals surface area (Å²) < 4.78 is 104. The molecule has 0 saturated carbocycles. The van der Waals surface area contributed by atoms with Gasteiger partial charge in [0.15, 0.2) is 5.69 Å². The van der Waals surface area contributed by atoms with Crippen LogP contribution in [0.25, 0.3) is 11.6 Å². The van der Waals surface area contributed by atoms with Crippen LogP contribution in [-0.2, 0) is 27.9 Å². The molecule has 1 aromatic carbocycles. The fraction of sp³-hybridized carbons (Fsp3) is 0.414. The van der Waals surface area contributed by atoms with Crippen LogP contribution in [0, 0.1) is 0 Å². The van der Waals surface area contributed by atoms with Crippen molar-refractivity contribution in [1.82, 2.24) is 15.2 Å². The Balaban J connectivity index is 1.94. The number of benzene rings is 1. The first-order valence-electron chi connectivity index (χ1n) is 13.6. The van der Waals surface area contributed by atoms with E-state index in [2.05, 4.69) is 25.7 Å². The smallest absolute Gasteiger partial charge is 0.426 e. The number of halogens is 6. The highest BCUT2D eigenvalue weighted by atomic mass is 19.4. The van der Waals surface area contributed by atoms with Crippen LogP contribution in [0.15, 0.2) is 58.1 Å². The normalized spacial score (nSPS) is 19.5. The van der Waals surface area contributed by atoms with Crippen molar-refractivity contribution < 1.29 is 50.2 Å². The molecule has 0 fully saturated rings. The summed E-state index contributed by atoms with van der Waals surface area (Å²) in [5.74, 6) is -1.80. The zero-order valence-electron chi connectivity index (χ0n) is 24.3. The molecule has 3 heterocycles. The molecule has 16 heteroatoms. The number of carbonyl (C=O) groups excluding carboxylic acids is 1. The van der Waals surface area contributed by atoms with Gasteiger partial charge < -0.3 is 19.1 Å². The number of nitrogens with zero attached hydrogens (tertiary/aromatic N) is 4. The van der Waals surface area contributed by atoms with E-state index in [0.29, 0.717) is 11.6 Å². The maximum atomic E-state index is 14.9. The van der Waals surface area contributed by atoms with Crippen molar-refractivity contribution in [1.29, 1.82) is 0 Å². The summed E-state index contributed by atoms with van der Waals surface area (Å²) in [7, 11) is 0. The summed E-state index contributed by atoms with van der Waals surface area (Å²) in [5, 5.41) is 22.1. The number of fused-ring (bicyclic) bond motifs is 5. The van der Waals surface area contributed by atoms with Gasteiger partial charge in [-0.2, -0.15) is 26.3 Å². The zero-order chi connectivity index (χ0) is 33.0. The Hall–Kier alpha value is -4.47. The second kappa shape index (κ2) is 12.9. The number of ether oxygens (including phenoxy) is 2. The minimum Gasteiger partial charge on any atom is -0.444 e. The number of allylic oxidation sites excluding steroid dienone is 2. The maximum Gasteiger partial charge on any atom is 0.426 e. The quantitative estimate of drug-likeness (QED) is 0.128. The molecule has 1 atom stereocenters. The van der Waals surface area contributed by atoms with Gasteiger partial charge in [-0.05, 0) is 58.1 Å². The number of carbonyl (C=O) groups is 1. The van der Waals surface area contributed by atoms with E-state index in [9.17, 15) is 36.3 Å². The number of aromatic nitrogens is 3. The Bertz CT molecular complexity index is 1560. The van der Waals surface area contributed by atoms with Gasteiger partial charge in [0.25, 0.3) is 11.8 Å². The first kappa shape index (κ1) is 33.4. The highest BCUT2D eigenvalue weighted by Crippen LogP contribution is 2.47. The summed E-state index contributed by atoms with van der Waals surface area (Å²) >= 11 is 0. The van der Waals surface area contributed by atoms with Crippen LogP contribution in [0.5, 0.6) is 0 Å². The van der Waals surface area contributed by atoms with Crippen LogP contribution in [0.2, 0.25) is 0 Å². The Morgan fingerprint density at radius 2 is 1.73 bits per heavy atom. The predicted octanol–water partition coefficient (Wildman–Crippen LogP) is 7.78. The summed E-state index contributed by atoms with van der Waals surface area (Å²) in [6.45, 7) is 4.03. The Morgan fingerprint density at radius 3 is 2.36 bits per heavy atom. The van der Waals surface area contributed by atoms with Crippen molar-refractivity contribution in [3.63, 3.8) is 0 Å². The number of anilines is 1. The molecule has 45 heavy (non-hydrogen) atoms. The summed E-state index contributed by atoms with van der Waals surface area (Å²) in [4.78, 5) is 16.6. The summed E-state index contributed by atoms with van der Waals surface area (Å²) in [6.07, 6.45) is -9.72. The monoisotopic (exact) mass is 641 g/mol. The third-order valence-electron chi connectivity index (χ3n) is 6.49. The van der Waals surface area contributed by atoms with E-state index >= 15 is 0 Å². The van der Waals surface area contributed by atoms with Gasteiger partial charge in [-0.1, -0.05) is 47.6 Å². The number of hydrogen-bond acceptors (Lipinski definition) is 9. The highest BCUT2D eigenvalue weighted by Gasteiger charge is 2.61. The molecule has 2 N–H and O–H groups in total. The molecule has 0 radical (unpaired) electrons. The van der Waals surface area contributed by atoms with Gasteiger partial charge in [-0.15, -0.1) is 10.2 Å². The summed E-state index contributed by atoms with van der Waals surface area (Å²) in [5.41, 5.74) is -7.82. The molecule has 4 bridgehead atoms. The van der Waals surface area contributed by atoms with Gasteiger partial charge in [0.05, 0.1) is 17.9 Å². The number of pyridine rings is 1. The zero-order valence-corrected chi connectivity index (χ0v) is 24.3. The van der Waals surface area contributed by atoms with Gasteiger partial charge in [0, 0.05) is 0 Å². The number of hydrogen-bond donors (Lipinski definition) is 2. The molecule has 0 spiro atoms. The lowest BCUT2D eigenvalue weighted by Gasteiger charge is -2.32. The third-order valence-corrected chi connectivity index (χ3v) is 6.49. The standard InChI is InChI=1S/C29H29F6N5O5/c1-26(2,3)45-25(41)36-20-15-18(28(30,31)32)21-19(40-42)13-9-4-5-10-14-27(29(33,34)35,43-16-17-11-7-6-8-12-17)24-39-38-23(44-24)22(20)37-21/h4-8,11-12,15,42H,9-10,13-14,16H2,1-3H3,(H,36,41)/b5-4-,40-19?/t27-/m1/s1. The predicted molar refractivity (Wildman–Crippen MR) is 147 cm³/mol. The molecule has 3 aromatic rings. The number of nitrogens with one attached hydrogen (secondary N) is 1. The van der Waals surface area contributed by atoms with E-state index in [1.807, 2.05) is 0 Å². The molecule has 4 rings (SSSR count). The summed E-state index contributed by atoms with van der Waals surface area (Å²) in [6, 6.07) is 8.53. The SMILES string of the molecule is CC(C)(C)OC(=O)Nc1cc(C(F)(F)F)c2nc1-c1nnc(o1)[C@@](OCc1ccccc1)(C(F)(F)F)CC/C=C\CCC2=NO. The third kappa shape index (κ3) is 7.79. The van der Waals surface area contributed by atoms with Crippen molar-refractivity contribution >= 4 is 17.5 Å². The average molecular weight is 642 g/mol. The number of alkyl halides is 6. The van der Waals surface area contributed by atoms with Crippen molar-refractivity contribution in [3.05, 3.63) is 71.3 Å². The minimum atomic E-state index is -5.09. The molecule has 10 nitrogen and oxygen atoms in total. The Kier molecular flexibility index (Phi) is 9.56. The van der Waals surface area contributed by atoms with Gasteiger partial charge in [-0.25, -0.2) is 9.78 Å². The molecule has 2 aromatic heterocycles. The molecular weight excluding hydrogens is 612 g/mol. The lowest BCUT2D eigenvalue weighted by molar-refractivity contribution is -0.299. The molecule has 1 amide bonds. The number of rotatable bonds is 4. The van der Waals surface area contributed by atoms with Crippen molar-refractivity contribution in [2.24, 2.45) is 5.16 Å². The van der Waals surface area contributed by atoms with Crippen LogP contribution in [0.3, 0.4) is 0 Å². The van der Waals surface area contributed by atoms with E-state index in [-0.39, 0.29) is 19.3 Å². The van der Waals surface area contributed by atoms with E-state index in [1.54, 1.807) is 30.3 Å². The van der Waals surface area contributed by atoms with Gasteiger partial charge in [0.1, 0.15) is 17.0 Å².